The van der Waals surface area contributed by atoms with E-state index in [2.05, 4.69) is 48.1 Å². The summed E-state index contributed by atoms with van der Waals surface area (Å²) in [6, 6.07) is 2.68. The normalized spacial score (nSPS) is 13.5. The lowest BCUT2D eigenvalue weighted by atomic mass is 10.0. The van der Waals surface area contributed by atoms with E-state index < -0.39 is 0 Å². The lowest BCUT2D eigenvalue weighted by Gasteiger charge is -2.20. The van der Waals surface area contributed by atoms with Gasteiger partial charge in [0.1, 0.15) is 4.34 Å². The van der Waals surface area contributed by atoms with Gasteiger partial charge in [-0.3, -0.25) is 0 Å². The SMILES string of the molecule is CCC(NCc1cc(Br)c(Cl)s1)C(C)C. The van der Waals surface area contributed by atoms with Crippen molar-refractivity contribution < 1.29 is 0 Å². The first-order valence-electron chi connectivity index (χ1n) is 5.21. The van der Waals surface area contributed by atoms with Gasteiger partial charge in [-0.1, -0.05) is 32.4 Å². The summed E-state index contributed by atoms with van der Waals surface area (Å²) in [4.78, 5) is 1.28. The monoisotopic (exact) mass is 309 g/mol. The van der Waals surface area contributed by atoms with E-state index in [1.807, 2.05) is 0 Å². The van der Waals surface area contributed by atoms with Gasteiger partial charge in [0.25, 0.3) is 0 Å². The minimum Gasteiger partial charge on any atom is -0.309 e. The minimum atomic E-state index is 0.588. The van der Waals surface area contributed by atoms with Gasteiger partial charge in [0.05, 0.1) is 0 Å². The number of hydrogen-bond donors (Lipinski definition) is 1. The largest absolute Gasteiger partial charge is 0.309 e. The van der Waals surface area contributed by atoms with E-state index in [0.29, 0.717) is 12.0 Å². The fourth-order valence-corrected chi connectivity index (χ4v) is 3.30. The molecule has 0 amide bonds. The summed E-state index contributed by atoms with van der Waals surface area (Å²) in [5, 5.41) is 3.56. The van der Waals surface area contributed by atoms with Crippen LogP contribution in [0.2, 0.25) is 4.34 Å². The second-order valence-corrected chi connectivity index (χ2v) is 6.57. The van der Waals surface area contributed by atoms with Gasteiger partial charge in [0, 0.05) is 21.9 Å². The van der Waals surface area contributed by atoms with Crippen molar-refractivity contribution in [3.8, 4) is 0 Å². The highest BCUT2D eigenvalue weighted by molar-refractivity contribution is 9.10. The average Bonchev–Trinajstić information content (AvgIpc) is 2.47. The van der Waals surface area contributed by atoms with Crippen molar-refractivity contribution in [2.75, 3.05) is 0 Å². The van der Waals surface area contributed by atoms with Gasteiger partial charge in [0.15, 0.2) is 0 Å². The topological polar surface area (TPSA) is 12.0 Å². The zero-order valence-corrected chi connectivity index (χ0v) is 12.5. The van der Waals surface area contributed by atoms with Crippen LogP contribution in [0.1, 0.15) is 32.1 Å². The van der Waals surface area contributed by atoms with Crippen molar-refractivity contribution in [2.45, 2.75) is 39.8 Å². The molecule has 1 N–H and O–H groups in total. The predicted octanol–water partition coefficient (Wildman–Crippen LogP) is 4.69. The fourth-order valence-electron chi connectivity index (χ4n) is 1.56. The molecule has 4 heteroatoms. The Balaban J connectivity index is 2.49. The Labute approximate surface area is 109 Å². The molecule has 1 aromatic rings. The van der Waals surface area contributed by atoms with Gasteiger partial charge < -0.3 is 5.32 Å². The molecule has 15 heavy (non-hydrogen) atoms. The molecule has 1 atom stereocenters. The molecule has 86 valence electrons. The zero-order valence-electron chi connectivity index (χ0n) is 9.31. The summed E-state index contributed by atoms with van der Waals surface area (Å²) in [5.74, 6) is 0.675. The Morgan fingerprint density at radius 3 is 2.60 bits per heavy atom. The summed E-state index contributed by atoms with van der Waals surface area (Å²) >= 11 is 11.0. The third-order valence-electron chi connectivity index (χ3n) is 2.48. The maximum atomic E-state index is 5.98. The molecule has 0 saturated carbocycles. The van der Waals surface area contributed by atoms with Crippen LogP contribution in [0, 0.1) is 5.92 Å². The number of rotatable bonds is 5. The maximum Gasteiger partial charge on any atom is 0.107 e. The maximum absolute atomic E-state index is 5.98. The molecule has 0 spiro atoms. The molecule has 0 aliphatic rings. The molecule has 0 bridgehead atoms. The summed E-state index contributed by atoms with van der Waals surface area (Å²) in [7, 11) is 0. The second-order valence-electron chi connectivity index (χ2n) is 3.97. The lowest BCUT2D eigenvalue weighted by molar-refractivity contribution is 0.389. The lowest BCUT2D eigenvalue weighted by Crippen LogP contribution is -2.32. The predicted molar refractivity (Wildman–Crippen MR) is 72.8 cm³/mol. The van der Waals surface area contributed by atoms with Crippen LogP contribution >= 0.6 is 38.9 Å². The quantitative estimate of drug-likeness (QED) is 0.832. The van der Waals surface area contributed by atoms with E-state index in [4.69, 9.17) is 11.6 Å². The van der Waals surface area contributed by atoms with Gasteiger partial charge in [-0.05, 0) is 34.3 Å². The van der Waals surface area contributed by atoms with Gasteiger partial charge in [-0.25, -0.2) is 0 Å². The molecule has 0 aromatic carbocycles. The van der Waals surface area contributed by atoms with Crippen LogP contribution < -0.4 is 5.32 Å². The standard InChI is InChI=1S/C11H17BrClNS/c1-4-10(7(2)3)14-6-8-5-9(12)11(13)15-8/h5,7,10,14H,4,6H2,1-3H3. The molecule has 0 aliphatic carbocycles. The average molecular weight is 311 g/mol. The highest BCUT2D eigenvalue weighted by atomic mass is 79.9. The highest BCUT2D eigenvalue weighted by Gasteiger charge is 2.11. The number of halogens is 2. The Bertz CT molecular complexity index is 292. The highest BCUT2D eigenvalue weighted by Crippen LogP contribution is 2.31. The zero-order chi connectivity index (χ0) is 11.4. The molecule has 0 fully saturated rings. The summed E-state index contributed by atoms with van der Waals surface area (Å²) in [6.07, 6.45) is 1.16. The van der Waals surface area contributed by atoms with Crippen molar-refractivity contribution in [3.05, 3.63) is 19.8 Å². The van der Waals surface area contributed by atoms with Crippen LogP contribution in [0.4, 0.5) is 0 Å². The molecule has 0 aliphatic heterocycles. The third kappa shape index (κ3) is 4.06. The van der Waals surface area contributed by atoms with E-state index in [9.17, 15) is 0 Å². The molecule has 0 radical (unpaired) electrons. The molecular weight excluding hydrogens is 294 g/mol. The van der Waals surface area contributed by atoms with Gasteiger partial charge >= 0.3 is 0 Å². The summed E-state index contributed by atoms with van der Waals surface area (Å²) in [5.41, 5.74) is 0. The van der Waals surface area contributed by atoms with Crippen LogP contribution in [0.3, 0.4) is 0 Å². The molecule has 1 rings (SSSR count). The Morgan fingerprint density at radius 1 is 1.53 bits per heavy atom. The van der Waals surface area contributed by atoms with Crippen molar-refractivity contribution in [1.82, 2.24) is 5.32 Å². The van der Waals surface area contributed by atoms with Gasteiger partial charge in [0.2, 0.25) is 0 Å². The first-order valence-corrected chi connectivity index (χ1v) is 7.20. The van der Waals surface area contributed by atoms with E-state index in [1.165, 1.54) is 4.88 Å². The molecule has 0 saturated heterocycles. The Hall–Kier alpha value is 0.430. The van der Waals surface area contributed by atoms with E-state index >= 15 is 0 Å². The van der Waals surface area contributed by atoms with Crippen molar-refractivity contribution in [2.24, 2.45) is 5.92 Å². The van der Waals surface area contributed by atoms with Crippen LogP contribution in [0.15, 0.2) is 10.5 Å². The number of nitrogens with one attached hydrogen (secondary N) is 1. The first-order chi connectivity index (χ1) is 7.04. The van der Waals surface area contributed by atoms with Gasteiger partial charge in [-0.15, -0.1) is 11.3 Å². The summed E-state index contributed by atoms with van der Waals surface area (Å²) in [6.45, 7) is 7.62. The van der Waals surface area contributed by atoms with Crippen molar-refractivity contribution >= 4 is 38.9 Å². The molecular formula is C11H17BrClNS. The van der Waals surface area contributed by atoms with Gasteiger partial charge in [-0.2, -0.15) is 0 Å². The van der Waals surface area contributed by atoms with E-state index in [-0.39, 0.29) is 0 Å². The van der Waals surface area contributed by atoms with E-state index in [0.717, 1.165) is 21.8 Å². The van der Waals surface area contributed by atoms with Crippen LogP contribution in [-0.2, 0) is 6.54 Å². The minimum absolute atomic E-state index is 0.588. The Morgan fingerprint density at radius 2 is 2.20 bits per heavy atom. The van der Waals surface area contributed by atoms with E-state index in [1.54, 1.807) is 11.3 Å². The smallest absolute Gasteiger partial charge is 0.107 e. The Kier molecular flexibility index (Phi) is 5.61. The first kappa shape index (κ1) is 13.5. The van der Waals surface area contributed by atoms with Crippen LogP contribution in [0.25, 0.3) is 0 Å². The van der Waals surface area contributed by atoms with Crippen molar-refractivity contribution in [3.63, 3.8) is 0 Å². The third-order valence-corrected chi connectivity index (χ3v) is 4.95. The molecule has 1 aromatic heterocycles. The van der Waals surface area contributed by atoms with Crippen LogP contribution in [-0.4, -0.2) is 6.04 Å². The fraction of sp³-hybridized carbons (Fsp3) is 0.636. The molecule has 1 heterocycles. The van der Waals surface area contributed by atoms with Crippen LogP contribution in [0.5, 0.6) is 0 Å². The molecule has 1 nitrogen and oxygen atoms in total. The molecule has 1 unspecified atom stereocenters. The number of thiophene rings is 1. The number of hydrogen-bond acceptors (Lipinski definition) is 2. The summed E-state index contributed by atoms with van der Waals surface area (Å²) < 4.78 is 1.84. The van der Waals surface area contributed by atoms with Crippen molar-refractivity contribution in [1.29, 1.82) is 0 Å². The second kappa shape index (κ2) is 6.24.